The number of nitrogens with one attached hydrogen (secondary N) is 1. The van der Waals surface area contributed by atoms with Crippen LogP contribution in [-0.4, -0.2) is 37.0 Å². The van der Waals surface area contributed by atoms with Crippen LogP contribution >= 0.6 is 15.9 Å². The molecule has 3 N–H and O–H groups in total. The van der Waals surface area contributed by atoms with Gasteiger partial charge in [-0.15, -0.1) is 0 Å². The van der Waals surface area contributed by atoms with Gasteiger partial charge in [0.05, 0.1) is 12.1 Å². The number of anilines is 1. The summed E-state index contributed by atoms with van der Waals surface area (Å²) in [5.41, 5.74) is 5.04. The Bertz CT molecular complexity index is 594. The number of carbonyl (C=O) groups excluding carboxylic acids is 1. The fourth-order valence-electron chi connectivity index (χ4n) is 2.65. The molecule has 1 aromatic carbocycles. The van der Waals surface area contributed by atoms with Crippen molar-refractivity contribution < 1.29 is 18.0 Å². The summed E-state index contributed by atoms with van der Waals surface area (Å²) >= 11 is 2.87. The van der Waals surface area contributed by atoms with E-state index in [-0.39, 0.29) is 28.0 Å². The highest BCUT2D eigenvalue weighted by atomic mass is 79.9. The summed E-state index contributed by atoms with van der Waals surface area (Å²) in [6.07, 6.45) is -3.56. The maximum absolute atomic E-state index is 12.9. The van der Waals surface area contributed by atoms with Gasteiger partial charge < -0.3 is 11.1 Å². The minimum absolute atomic E-state index is 0.00133. The van der Waals surface area contributed by atoms with Crippen LogP contribution in [0, 0.1) is 5.41 Å². The zero-order valence-corrected chi connectivity index (χ0v) is 14.3. The number of alkyl halides is 3. The first kappa shape index (κ1) is 18.2. The van der Waals surface area contributed by atoms with E-state index >= 15 is 0 Å². The first-order valence-electron chi connectivity index (χ1n) is 7.22. The summed E-state index contributed by atoms with van der Waals surface area (Å²) < 4.78 is 38.5. The molecule has 0 saturated carbocycles. The number of amides is 1. The fourth-order valence-corrected chi connectivity index (χ4v) is 3.12. The van der Waals surface area contributed by atoms with E-state index in [9.17, 15) is 18.0 Å². The number of nitrogens with zero attached hydrogens (tertiary/aromatic N) is 1. The molecule has 1 aliphatic rings. The molecule has 1 atom stereocenters. The van der Waals surface area contributed by atoms with E-state index in [4.69, 9.17) is 5.73 Å². The molecule has 1 aliphatic heterocycles. The molecule has 2 rings (SSSR count). The highest BCUT2D eigenvalue weighted by Gasteiger charge is 2.34. The van der Waals surface area contributed by atoms with Crippen molar-refractivity contribution in [2.75, 3.05) is 31.5 Å². The molecule has 1 aromatic rings. The number of rotatable bonds is 4. The predicted octanol–water partition coefficient (Wildman–Crippen LogP) is 3.08. The number of benzene rings is 1. The van der Waals surface area contributed by atoms with Gasteiger partial charge in [0.15, 0.2) is 0 Å². The Labute approximate surface area is 141 Å². The van der Waals surface area contributed by atoms with Crippen molar-refractivity contribution >= 4 is 27.5 Å². The largest absolute Gasteiger partial charge is 0.417 e. The third-order valence-electron chi connectivity index (χ3n) is 4.05. The molecule has 0 bridgehead atoms. The van der Waals surface area contributed by atoms with Gasteiger partial charge in [-0.25, -0.2) is 0 Å². The van der Waals surface area contributed by atoms with Crippen LogP contribution in [0.4, 0.5) is 18.9 Å². The van der Waals surface area contributed by atoms with Crippen LogP contribution in [0.15, 0.2) is 22.7 Å². The van der Waals surface area contributed by atoms with Gasteiger partial charge in [-0.1, -0.05) is 22.9 Å². The highest BCUT2D eigenvalue weighted by molar-refractivity contribution is 9.10. The van der Waals surface area contributed by atoms with Gasteiger partial charge in [-0.05, 0) is 43.1 Å². The van der Waals surface area contributed by atoms with E-state index in [2.05, 4.69) is 28.2 Å². The second-order valence-corrected chi connectivity index (χ2v) is 7.07. The zero-order chi connectivity index (χ0) is 17.3. The molecule has 0 spiro atoms. The van der Waals surface area contributed by atoms with Gasteiger partial charge in [0, 0.05) is 16.7 Å². The second-order valence-electron chi connectivity index (χ2n) is 6.22. The van der Waals surface area contributed by atoms with Crippen molar-refractivity contribution in [3.8, 4) is 0 Å². The van der Waals surface area contributed by atoms with Crippen LogP contribution in [0.25, 0.3) is 0 Å². The lowest BCUT2D eigenvalue weighted by Gasteiger charge is -2.22. The summed E-state index contributed by atoms with van der Waals surface area (Å²) in [5, 5.41) is 2.52. The van der Waals surface area contributed by atoms with Gasteiger partial charge in [0.2, 0.25) is 5.91 Å². The van der Waals surface area contributed by atoms with E-state index in [1.54, 1.807) is 0 Å². The van der Waals surface area contributed by atoms with Crippen LogP contribution in [0.1, 0.15) is 18.9 Å². The molecule has 1 heterocycles. The second kappa shape index (κ2) is 6.78. The van der Waals surface area contributed by atoms with Crippen LogP contribution in [0.3, 0.4) is 0 Å². The van der Waals surface area contributed by atoms with Crippen LogP contribution in [0.2, 0.25) is 0 Å². The van der Waals surface area contributed by atoms with E-state index < -0.39 is 11.7 Å². The Hall–Kier alpha value is -1.12. The first-order chi connectivity index (χ1) is 10.6. The quantitative estimate of drug-likeness (QED) is 0.826. The Morgan fingerprint density at radius 1 is 1.48 bits per heavy atom. The molecule has 0 aliphatic carbocycles. The minimum Gasteiger partial charge on any atom is -0.330 e. The van der Waals surface area contributed by atoms with Crippen molar-refractivity contribution in [2.45, 2.75) is 19.5 Å². The maximum Gasteiger partial charge on any atom is 0.417 e. The number of carbonyl (C=O) groups is 1. The summed E-state index contributed by atoms with van der Waals surface area (Å²) in [5.74, 6) is -0.332. The van der Waals surface area contributed by atoms with Crippen molar-refractivity contribution in [3.05, 3.63) is 28.2 Å². The lowest BCUT2D eigenvalue weighted by molar-refractivity contribution is -0.138. The highest BCUT2D eigenvalue weighted by Crippen LogP contribution is 2.36. The van der Waals surface area contributed by atoms with Crippen LogP contribution in [-0.2, 0) is 11.0 Å². The topological polar surface area (TPSA) is 58.4 Å². The third-order valence-corrected chi connectivity index (χ3v) is 4.74. The van der Waals surface area contributed by atoms with Crippen molar-refractivity contribution in [1.82, 2.24) is 4.90 Å². The van der Waals surface area contributed by atoms with Gasteiger partial charge in [-0.2, -0.15) is 13.2 Å². The number of halogens is 4. The zero-order valence-electron chi connectivity index (χ0n) is 12.7. The number of hydrogen-bond acceptors (Lipinski definition) is 3. The predicted molar refractivity (Wildman–Crippen MR) is 86.0 cm³/mol. The summed E-state index contributed by atoms with van der Waals surface area (Å²) in [6.45, 7) is 4.23. The van der Waals surface area contributed by atoms with Gasteiger partial charge in [-0.3, -0.25) is 9.69 Å². The molecule has 1 unspecified atom stereocenters. The molecule has 1 saturated heterocycles. The molecular formula is C15H19BrF3N3O. The lowest BCUT2D eigenvalue weighted by atomic mass is 9.90. The van der Waals surface area contributed by atoms with E-state index in [1.165, 1.54) is 12.1 Å². The minimum atomic E-state index is -4.47. The standard InChI is InChI=1S/C15H19BrF3N3O/c1-14(8-20)4-5-22(9-14)7-13(23)21-10-2-3-12(16)11(6-10)15(17,18)19/h2-3,6H,4-5,7-9,20H2,1H3,(H,21,23). The summed E-state index contributed by atoms with van der Waals surface area (Å²) in [7, 11) is 0. The summed E-state index contributed by atoms with van der Waals surface area (Å²) in [6, 6.07) is 3.64. The average molecular weight is 394 g/mol. The van der Waals surface area contributed by atoms with Gasteiger partial charge in [0.25, 0.3) is 0 Å². The SMILES string of the molecule is CC1(CN)CCN(CC(=O)Nc2ccc(Br)c(C(F)(F)F)c2)C1. The number of hydrogen-bond donors (Lipinski definition) is 2. The van der Waals surface area contributed by atoms with Crippen LogP contribution < -0.4 is 11.1 Å². The molecule has 1 amide bonds. The Morgan fingerprint density at radius 2 is 2.17 bits per heavy atom. The molecule has 0 aromatic heterocycles. The first-order valence-corrected chi connectivity index (χ1v) is 8.01. The van der Waals surface area contributed by atoms with Crippen LogP contribution in [0.5, 0.6) is 0 Å². The Balaban J connectivity index is 1.99. The average Bonchev–Trinajstić information content (AvgIpc) is 2.82. The van der Waals surface area contributed by atoms with E-state index in [0.717, 1.165) is 19.0 Å². The van der Waals surface area contributed by atoms with E-state index in [0.29, 0.717) is 13.1 Å². The smallest absolute Gasteiger partial charge is 0.330 e. The molecule has 4 nitrogen and oxygen atoms in total. The third kappa shape index (κ3) is 4.68. The van der Waals surface area contributed by atoms with Crippen molar-refractivity contribution in [2.24, 2.45) is 11.1 Å². The Morgan fingerprint density at radius 3 is 2.74 bits per heavy atom. The van der Waals surface area contributed by atoms with Crippen molar-refractivity contribution in [1.29, 1.82) is 0 Å². The number of nitrogens with two attached hydrogens (primary N) is 1. The lowest BCUT2D eigenvalue weighted by Crippen LogP contribution is -2.35. The molecular weight excluding hydrogens is 375 g/mol. The normalized spacial score (nSPS) is 22.3. The maximum atomic E-state index is 12.9. The molecule has 8 heteroatoms. The van der Waals surface area contributed by atoms with Gasteiger partial charge in [0.1, 0.15) is 0 Å². The molecule has 0 radical (unpaired) electrons. The van der Waals surface area contributed by atoms with Crippen molar-refractivity contribution in [3.63, 3.8) is 0 Å². The van der Waals surface area contributed by atoms with Gasteiger partial charge >= 0.3 is 6.18 Å². The number of likely N-dealkylation sites (tertiary alicyclic amines) is 1. The monoisotopic (exact) mass is 393 g/mol. The van der Waals surface area contributed by atoms with E-state index in [1.807, 2.05) is 4.90 Å². The molecule has 128 valence electrons. The fraction of sp³-hybridized carbons (Fsp3) is 0.533. The molecule has 1 fully saturated rings. The Kier molecular flexibility index (Phi) is 5.37. The molecule has 23 heavy (non-hydrogen) atoms. The summed E-state index contributed by atoms with van der Waals surface area (Å²) in [4.78, 5) is 14.0.